The van der Waals surface area contributed by atoms with Gasteiger partial charge in [-0.1, -0.05) is 24.3 Å². The molecule has 2 unspecified atom stereocenters. The van der Waals surface area contributed by atoms with E-state index in [1.807, 2.05) is 26.0 Å². The fourth-order valence-corrected chi connectivity index (χ4v) is 1.19. The summed E-state index contributed by atoms with van der Waals surface area (Å²) in [6.45, 7) is 4.02. The number of rotatable bonds is 2. The Hall–Kier alpha value is -0.920. The lowest BCUT2D eigenvalue weighted by Gasteiger charge is -1.97. The van der Waals surface area contributed by atoms with Gasteiger partial charge in [-0.25, -0.2) is 0 Å². The van der Waals surface area contributed by atoms with E-state index in [4.69, 9.17) is 0 Å². The fraction of sp³-hybridized carbons (Fsp3) is 0.556. The zero-order chi connectivity index (χ0) is 8.10. The normalized spacial score (nSPS) is 31.1. The molecule has 1 aliphatic heterocycles. The number of allylic oxidation sites excluding steroid dienone is 2. The minimum absolute atomic E-state index is 0.321. The van der Waals surface area contributed by atoms with E-state index in [-0.39, 0.29) is 0 Å². The van der Waals surface area contributed by atoms with Crippen molar-refractivity contribution in [1.82, 2.24) is 0 Å². The van der Waals surface area contributed by atoms with Gasteiger partial charge >= 0.3 is 0 Å². The maximum Gasteiger partial charge on any atom is 0.0912 e. The molecule has 0 radical (unpaired) electrons. The van der Waals surface area contributed by atoms with Crippen LogP contribution in [0.2, 0.25) is 0 Å². The van der Waals surface area contributed by atoms with Crippen LogP contribution in [0.3, 0.4) is 0 Å². The van der Waals surface area contributed by atoms with Gasteiger partial charge in [0, 0.05) is 6.42 Å². The number of hydrogen-bond donors (Lipinski definition) is 0. The summed E-state index contributed by atoms with van der Waals surface area (Å²) in [6, 6.07) is 0.641. The van der Waals surface area contributed by atoms with Gasteiger partial charge < -0.3 is 0 Å². The summed E-state index contributed by atoms with van der Waals surface area (Å²) in [5.41, 5.74) is 0. The first-order valence-electron chi connectivity index (χ1n) is 4.02. The van der Waals surface area contributed by atoms with Crippen LogP contribution in [0.4, 0.5) is 0 Å². The highest BCUT2D eigenvalue weighted by Gasteiger charge is 2.16. The molecular weight excluding hydrogens is 136 g/mol. The maximum atomic E-state index is 4.11. The molecule has 0 aromatic rings. The lowest BCUT2D eigenvalue weighted by Crippen LogP contribution is -2.01. The van der Waals surface area contributed by atoms with Crippen molar-refractivity contribution in [2.24, 2.45) is 10.2 Å². The molecule has 11 heavy (non-hydrogen) atoms. The second kappa shape index (κ2) is 4.06. The van der Waals surface area contributed by atoms with Crippen LogP contribution in [-0.4, -0.2) is 12.1 Å². The van der Waals surface area contributed by atoms with Gasteiger partial charge in [0.15, 0.2) is 0 Å². The van der Waals surface area contributed by atoms with E-state index in [1.54, 1.807) is 0 Å². The Morgan fingerprint density at radius 2 is 1.45 bits per heavy atom. The van der Waals surface area contributed by atoms with Gasteiger partial charge in [-0.3, -0.25) is 0 Å². The van der Waals surface area contributed by atoms with Crippen LogP contribution in [0.5, 0.6) is 0 Å². The summed E-state index contributed by atoms with van der Waals surface area (Å²) in [6.07, 6.45) is 9.28. The monoisotopic (exact) mass is 150 g/mol. The van der Waals surface area contributed by atoms with Gasteiger partial charge in [-0.05, 0) is 13.8 Å². The van der Waals surface area contributed by atoms with Gasteiger partial charge in [-0.15, -0.1) is 0 Å². The van der Waals surface area contributed by atoms with E-state index < -0.39 is 0 Å². The third kappa shape index (κ3) is 2.30. The molecule has 0 saturated heterocycles. The molecule has 0 spiro atoms. The average Bonchev–Trinajstić information content (AvgIpc) is 2.38. The molecular formula is C9H14N2. The molecule has 2 heteroatoms. The lowest BCUT2D eigenvalue weighted by molar-refractivity contribution is 0.764. The summed E-state index contributed by atoms with van der Waals surface area (Å²) in [7, 11) is 0. The Labute approximate surface area is 67.7 Å². The highest BCUT2D eigenvalue weighted by atomic mass is 15.2. The van der Waals surface area contributed by atoms with Gasteiger partial charge in [-0.2, -0.15) is 10.2 Å². The highest BCUT2D eigenvalue weighted by Crippen LogP contribution is 2.17. The van der Waals surface area contributed by atoms with Crippen LogP contribution in [0.15, 0.2) is 34.5 Å². The number of hydrogen-bond acceptors (Lipinski definition) is 2. The Bertz CT molecular complexity index is 172. The second-order valence-electron chi connectivity index (χ2n) is 2.65. The predicted octanol–water partition coefficient (Wildman–Crippen LogP) is 2.73. The molecule has 0 bridgehead atoms. The van der Waals surface area contributed by atoms with Crippen LogP contribution >= 0.6 is 0 Å². The molecule has 0 aliphatic carbocycles. The molecule has 1 rings (SSSR count). The SMILES string of the molecule is CC=CC1CC(C=CC)N=N1. The summed E-state index contributed by atoms with van der Waals surface area (Å²) in [5.74, 6) is 0. The van der Waals surface area contributed by atoms with Gasteiger partial charge in [0.05, 0.1) is 12.1 Å². The van der Waals surface area contributed by atoms with E-state index >= 15 is 0 Å². The standard InChI is InChI=1S/C9H14N2/c1-3-5-8-7-9(6-4-2)11-10-8/h3-6,8-9H,7H2,1-2H3. The summed E-state index contributed by atoms with van der Waals surface area (Å²) in [4.78, 5) is 0. The quantitative estimate of drug-likeness (QED) is 0.541. The van der Waals surface area contributed by atoms with Gasteiger partial charge in [0.25, 0.3) is 0 Å². The Kier molecular flexibility index (Phi) is 3.02. The van der Waals surface area contributed by atoms with E-state index in [0.717, 1.165) is 6.42 Å². The van der Waals surface area contributed by atoms with E-state index in [9.17, 15) is 0 Å². The van der Waals surface area contributed by atoms with Gasteiger partial charge in [0.2, 0.25) is 0 Å². The largest absolute Gasteiger partial charge is 0.186 e. The van der Waals surface area contributed by atoms with Crippen LogP contribution in [0.25, 0.3) is 0 Å². The van der Waals surface area contributed by atoms with E-state index in [0.29, 0.717) is 12.1 Å². The molecule has 0 amide bonds. The second-order valence-corrected chi connectivity index (χ2v) is 2.65. The summed E-state index contributed by atoms with van der Waals surface area (Å²) in [5, 5.41) is 8.22. The Balaban J connectivity index is 2.42. The van der Waals surface area contributed by atoms with Crippen molar-refractivity contribution in [3.05, 3.63) is 24.3 Å². The predicted molar refractivity (Wildman–Crippen MR) is 46.7 cm³/mol. The Morgan fingerprint density at radius 1 is 1.00 bits per heavy atom. The number of azo groups is 1. The van der Waals surface area contributed by atoms with Crippen LogP contribution < -0.4 is 0 Å². The molecule has 0 N–H and O–H groups in total. The van der Waals surface area contributed by atoms with Crippen LogP contribution in [0, 0.1) is 0 Å². The van der Waals surface area contributed by atoms with E-state index in [2.05, 4.69) is 22.4 Å². The first kappa shape index (κ1) is 8.18. The smallest absolute Gasteiger partial charge is 0.0912 e. The van der Waals surface area contributed by atoms with Crippen molar-refractivity contribution in [1.29, 1.82) is 0 Å². The van der Waals surface area contributed by atoms with Crippen molar-refractivity contribution in [3.8, 4) is 0 Å². The van der Waals surface area contributed by atoms with Crippen LogP contribution in [0.1, 0.15) is 20.3 Å². The molecule has 0 aromatic carbocycles. The van der Waals surface area contributed by atoms with E-state index in [1.165, 1.54) is 0 Å². The minimum atomic E-state index is 0.321. The Morgan fingerprint density at radius 3 is 1.82 bits per heavy atom. The highest BCUT2D eigenvalue weighted by molar-refractivity contribution is 5.02. The molecule has 2 nitrogen and oxygen atoms in total. The third-order valence-corrected chi connectivity index (χ3v) is 1.68. The minimum Gasteiger partial charge on any atom is -0.186 e. The van der Waals surface area contributed by atoms with Crippen molar-refractivity contribution in [2.75, 3.05) is 0 Å². The first-order chi connectivity index (χ1) is 5.36. The van der Waals surface area contributed by atoms with Crippen molar-refractivity contribution >= 4 is 0 Å². The first-order valence-corrected chi connectivity index (χ1v) is 4.02. The summed E-state index contributed by atoms with van der Waals surface area (Å²) < 4.78 is 0. The maximum absolute atomic E-state index is 4.11. The average molecular weight is 150 g/mol. The molecule has 0 fully saturated rings. The molecule has 1 aliphatic rings. The third-order valence-electron chi connectivity index (χ3n) is 1.68. The lowest BCUT2D eigenvalue weighted by atomic mass is 10.1. The van der Waals surface area contributed by atoms with Crippen molar-refractivity contribution in [3.63, 3.8) is 0 Å². The molecule has 0 saturated carbocycles. The zero-order valence-electron chi connectivity index (χ0n) is 7.07. The fourth-order valence-electron chi connectivity index (χ4n) is 1.19. The van der Waals surface area contributed by atoms with Crippen molar-refractivity contribution in [2.45, 2.75) is 32.4 Å². The van der Waals surface area contributed by atoms with Crippen LogP contribution in [-0.2, 0) is 0 Å². The molecule has 1 heterocycles. The molecule has 2 atom stereocenters. The topological polar surface area (TPSA) is 24.7 Å². The molecule has 60 valence electrons. The van der Waals surface area contributed by atoms with Crippen molar-refractivity contribution < 1.29 is 0 Å². The van der Waals surface area contributed by atoms with Gasteiger partial charge in [0.1, 0.15) is 0 Å². The zero-order valence-corrected chi connectivity index (χ0v) is 7.07. The summed E-state index contributed by atoms with van der Waals surface area (Å²) >= 11 is 0. The number of nitrogens with zero attached hydrogens (tertiary/aromatic N) is 2. The molecule has 0 aromatic heterocycles.